The lowest BCUT2D eigenvalue weighted by molar-refractivity contribution is 0.593. The zero-order valence-electron chi connectivity index (χ0n) is 9.80. The molecule has 1 aromatic rings. The highest BCUT2D eigenvalue weighted by molar-refractivity contribution is 7.92. The van der Waals surface area contributed by atoms with Crippen molar-refractivity contribution >= 4 is 9.84 Å². The smallest absolute Gasteiger partial charge is 0.156 e. The highest BCUT2D eigenvalue weighted by Crippen LogP contribution is 2.53. The van der Waals surface area contributed by atoms with Crippen molar-refractivity contribution < 1.29 is 12.8 Å². The average molecular weight is 268 g/mol. The van der Waals surface area contributed by atoms with Gasteiger partial charge in [-0.1, -0.05) is 19.1 Å². The van der Waals surface area contributed by atoms with E-state index in [1.165, 1.54) is 31.2 Å². The van der Waals surface area contributed by atoms with Crippen LogP contribution in [0.5, 0.6) is 0 Å². The van der Waals surface area contributed by atoms with Crippen LogP contribution in [0.3, 0.4) is 0 Å². The van der Waals surface area contributed by atoms with Crippen LogP contribution in [0.2, 0.25) is 0 Å². The molecular formula is C12H13FN2O2S. The van der Waals surface area contributed by atoms with E-state index < -0.39 is 32.4 Å². The molecule has 1 saturated carbocycles. The van der Waals surface area contributed by atoms with E-state index in [0.29, 0.717) is 5.56 Å². The molecule has 0 heterocycles. The third-order valence-corrected chi connectivity index (χ3v) is 5.63. The Balaban J connectivity index is 2.41. The summed E-state index contributed by atoms with van der Waals surface area (Å²) in [4.78, 5) is 0. The fourth-order valence-electron chi connectivity index (χ4n) is 2.31. The van der Waals surface area contributed by atoms with E-state index in [1.54, 1.807) is 0 Å². The van der Waals surface area contributed by atoms with Crippen molar-refractivity contribution in [2.45, 2.75) is 23.6 Å². The van der Waals surface area contributed by atoms with Crippen molar-refractivity contribution in [2.24, 2.45) is 5.73 Å². The Bertz CT molecular complexity index is 606. The number of hydrogen-bond donors (Lipinski definition) is 1. The molecule has 96 valence electrons. The van der Waals surface area contributed by atoms with E-state index in [-0.39, 0.29) is 5.75 Å². The van der Waals surface area contributed by atoms with Gasteiger partial charge in [-0.2, -0.15) is 5.26 Å². The van der Waals surface area contributed by atoms with Gasteiger partial charge in [0.05, 0.1) is 6.07 Å². The summed E-state index contributed by atoms with van der Waals surface area (Å²) >= 11 is 0. The molecule has 2 N–H and O–H groups in total. The first kappa shape index (κ1) is 13.0. The van der Waals surface area contributed by atoms with Crippen molar-refractivity contribution in [3.05, 3.63) is 35.6 Å². The topological polar surface area (TPSA) is 83.9 Å². The summed E-state index contributed by atoms with van der Waals surface area (Å²) < 4.78 is 36.6. The summed E-state index contributed by atoms with van der Waals surface area (Å²) in [5, 5.41) is 8.17. The first-order valence-electron chi connectivity index (χ1n) is 5.54. The number of rotatable bonds is 3. The Morgan fingerprint density at radius 2 is 2.00 bits per heavy atom. The molecule has 0 spiro atoms. The van der Waals surface area contributed by atoms with E-state index in [2.05, 4.69) is 0 Å². The molecule has 1 fully saturated rings. The Kier molecular flexibility index (Phi) is 2.92. The van der Waals surface area contributed by atoms with E-state index in [1.807, 2.05) is 6.07 Å². The molecule has 1 aliphatic carbocycles. The summed E-state index contributed by atoms with van der Waals surface area (Å²) in [6, 6.07) is 7.30. The van der Waals surface area contributed by atoms with Crippen LogP contribution in [0.1, 0.15) is 18.4 Å². The first-order valence-corrected chi connectivity index (χ1v) is 7.25. The lowest BCUT2D eigenvalue weighted by Gasteiger charge is -2.00. The van der Waals surface area contributed by atoms with E-state index in [4.69, 9.17) is 11.0 Å². The fraction of sp³-hybridized carbons (Fsp3) is 0.417. The second kappa shape index (κ2) is 4.04. The minimum absolute atomic E-state index is 0.0595. The molecule has 0 bridgehead atoms. The van der Waals surface area contributed by atoms with Crippen molar-refractivity contribution in [1.82, 2.24) is 0 Å². The molecule has 0 radical (unpaired) electrons. The minimum Gasteiger partial charge on any atom is -0.312 e. The molecule has 1 aromatic carbocycles. The highest BCUT2D eigenvalue weighted by atomic mass is 32.2. The van der Waals surface area contributed by atoms with Crippen LogP contribution in [-0.4, -0.2) is 25.0 Å². The van der Waals surface area contributed by atoms with Gasteiger partial charge in [-0.15, -0.1) is 0 Å². The molecule has 0 unspecified atom stereocenters. The van der Waals surface area contributed by atoms with Crippen LogP contribution < -0.4 is 5.73 Å². The molecule has 0 saturated heterocycles. The van der Waals surface area contributed by atoms with Crippen molar-refractivity contribution in [3.8, 4) is 6.07 Å². The predicted molar refractivity (Wildman–Crippen MR) is 64.9 cm³/mol. The molecule has 18 heavy (non-hydrogen) atoms. The van der Waals surface area contributed by atoms with Crippen LogP contribution in [0.4, 0.5) is 4.39 Å². The molecule has 3 atom stereocenters. The summed E-state index contributed by atoms with van der Waals surface area (Å²) in [6.07, 6.45) is 0. The van der Waals surface area contributed by atoms with Gasteiger partial charge in [0.2, 0.25) is 0 Å². The van der Waals surface area contributed by atoms with Gasteiger partial charge in [-0.05, 0) is 17.7 Å². The van der Waals surface area contributed by atoms with Crippen molar-refractivity contribution in [3.63, 3.8) is 0 Å². The predicted octanol–water partition coefficient (Wildman–Crippen LogP) is 0.947. The van der Waals surface area contributed by atoms with Crippen molar-refractivity contribution in [1.29, 1.82) is 5.26 Å². The van der Waals surface area contributed by atoms with E-state index >= 15 is 0 Å². The Morgan fingerprint density at radius 1 is 1.44 bits per heavy atom. The maximum absolute atomic E-state index is 12.8. The van der Waals surface area contributed by atoms with Crippen molar-refractivity contribution in [2.75, 3.05) is 5.75 Å². The molecular weight excluding hydrogens is 255 g/mol. The zero-order valence-corrected chi connectivity index (χ0v) is 10.6. The van der Waals surface area contributed by atoms with Crippen LogP contribution in [0.15, 0.2) is 24.3 Å². The van der Waals surface area contributed by atoms with Gasteiger partial charge in [0.15, 0.2) is 9.84 Å². The monoisotopic (exact) mass is 268 g/mol. The van der Waals surface area contributed by atoms with E-state index in [9.17, 15) is 12.8 Å². The number of nitriles is 1. The van der Waals surface area contributed by atoms with Gasteiger partial charge in [0.1, 0.15) is 16.6 Å². The van der Waals surface area contributed by atoms with Gasteiger partial charge in [0, 0.05) is 11.7 Å². The Hall–Kier alpha value is -1.45. The van der Waals surface area contributed by atoms with Crippen LogP contribution in [0, 0.1) is 17.1 Å². The molecule has 0 aliphatic heterocycles. The molecule has 1 aliphatic rings. The number of nitrogens with zero attached hydrogens (tertiary/aromatic N) is 1. The normalized spacial score (nSPS) is 30.8. The standard InChI is InChI=1S/C12H13FN2O2S/c1-2-18(16,17)11-10(12(11,15)7-14)8-3-5-9(13)6-4-8/h3-6,10-11H,2,15H2,1H3/t10-,11+,12+/m1/s1. The summed E-state index contributed by atoms with van der Waals surface area (Å²) in [5.41, 5.74) is 5.02. The molecule has 2 rings (SSSR count). The van der Waals surface area contributed by atoms with Crippen LogP contribution >= 0.6 is 0 Å². The molecule has 0 aromatic heterocycles. The molecule has 0 amide bonds. The lowest BCUT2D eigenvalue weighted by Crippen LogP contribution is -2.29. The number of benzene rings is 1. The average Bonchev–Trinajstić information content (AvgIpc) is 2.98. The SMILES string of the molecule is CCS(=O)(=O)[C@H]1[C@@H](c2ccc(F)cc2)[C@@]1(N)C#N. The van der Waals surface area contributed by atoms with Gasteiger partial charge < -0.3 is 5.73 Å². The third-order valence-electron chi connectivity index (χ3n) is 3.39. The molecule has 4 nitrogen and oxygen atoms in total. The fourth-order valence-corrected chi connectivity index (χ4v) is 4.18. The highest BCUT2D eigenvalue weighted by Gasteiger charge is 2.69. The lowest BCUT2D eigenvalue weighted by atomic mass is 10.1. The molecule has 6 heteroatoms. The van der Waals surface area contributed by atoms with Crippen LogP contribution in [-0.2, 0) is 9.84 Å². The summed E-state index contributed by atoms with van der Waals surface area (Å²) in [5.74, 6) is -1.04. The third kappa shape index (κ3) is 1.80. The Morgan fingerprint density at radius 3 is 2.44 bits per heavy atom. The Labute approximate surface area is 105 Å². The summed E-state index contributed by atoms with van der Waals surface area (Å²) in [7, 11) is -3.39. The largest absolute Gasteiger partial charge is 0.312 e. The second-order valence-electron chi connectivity index (χ2n) is 4.45. The second-order valence-corrected chi connectivity index (χ2v) is 6.86. The summed E-state index contributed by atoms with van der Waals surface area (Å²) in [6.45, 7) is 1.52. The van der Waals surface area contributed by atoms with Gasteiger partial charge in [-0.25, -0.2) is 12.8 Å². The number of nitrogens with two attached hydrogens (primary N) is 1. The van der Waals surface area contributed by atoms with E-state index in [0.717, 1.165) is 0 Å². The maximum Gasteiger partial charge on any atom is 0.156 e. The number of halogens is 1. The maximum atomic E-state index is 12.8. The first-order chi connectivity index (χ1) is 8.36. The number of hydrogen-bond acceptors (Lipinski definition) is 4. The minimum atomic E-state index is -3.39. The van der Waals surface area contributed by atoms with Gasteiger partial charge in [-0.3, -0.25) is 0 Å². The van der Waals surface area contributed by atoms with Crippen LogP contribution in [0.25, 0.3) is 0 Å². The van der Waals surface area contributed by atoms with Gasteiger partial charge >= 0.3 is 0 Å². The van der Waals surface area contributed by atoms with Gasteiger partial charge in [0.25, 0.3) is 0 Å². The zero-order chi connectivity index (χ0) is 13.6. The number of sulfone groups is 1. The quantitative estimate of drug-likeness (QED) is 0.884.